The molecule has 0 spiro atoms. The van der Waals surface area contributed by atoms with Gasteiger partial charge in [-0.1, -0.05) is 18.2 Å². The number of hydrogen-bond donors (Lipinski definition) is 2. The molecular weight excluding hydrogens is 406 g/mol. The Bertz CT molecular complexity index is 733. The van der Waals surface area contributed by atoms with Crippen molar-refractivity contribution >= 4 is 40.1 Å². The summed E-state index contributed by atoms with van der Waals surface area (Å²) in [6, 6.07) is 7.62. The fourth-order valence-corrected chi connectivity index (χ4v) is 5.75. The largest absolute Gasteiger partial charge is 0.341 e. The van der Waals surface area contributed by atoms with Crippen LogP contribution < -0.4 is 10.5 Å². The third-order valence-electron chi connectivity index (χ3n) is 5.48. The molecule has 1 saturated heterocycles. The molecule has 2 fully saturated rings. The van der Waals surface area contributed by atoms with E-state index in [4.69, 9.17) is 5.73 Å². The number of likely N-dealkylation sites (tertiary alicyclic amines) is 1. The minimum Gasteiger partial charge on any atom is -0.341 e. The second kappa shape index (κ2) is 9.60. The molecule has 3 rings (SSSR count). The standard InChI is InChI=1S/C18H27N3O3S2.ClH/c1-25-10-9-17(20-26(23,24)14-5-3-2-4-6-14)18(22)21-11-13-7-8-16(19)15(13)12-21;/h2-6,13,15-17,20H,7-12,19H2,1H3;1H. The molecule has 1 aromatic rings. The predicted molar refractivity (Wildman–Crippen MR) is 112 cm³/mol. The van der Waals surface area contributed by atoms with Crippen LogP contribution in [0.5, 0.6) is 0 Å². The average molecular weight is 434 g/mol. The summed E-state index contributed by atoms with van der Waals surface area (Å²) in [5.41, 5.74) is 6.16. The molecule has 4 atom stereocenters. The van der Waals surface area contributed by atoms with E-state index in [1.165, 1.54) is 12.1 Å². The number of carbonyl (C=O) groups excluding carboxylic acids is 1. The van der Waals surface area contributed by atoms with Crippen LogP contribution in [0.2, 0.25) is 0 Å². The summed E-state index contributed by atoms with van der Waals surface area (Å²) in [6.45, 7) is 1.34. The molecule has 27 heavy (non-hydrogen) atoms. The molecule has 6 nitrogen and oxygen atoms in total. The smallest absolute Gasteiger partial charge is 0.241 e. The van der Waals surface area contributed by atoms with Crippen LogP contribution in [-0.4, -0.2) is 56.4 Å². The highest BCUT2D eigenvalue weighted by molar-refractivity contribution is 7.98. The second-order valence-corrected chi connectivity index (χ2v) is 9.88. The van der Waals surface area contributed by atoms with Crippen LogP contribution in [0.4, 0.5) is 0 Å². The first kappa shape index (κ1) is 22.5. The summed E-state index contributed by atoms with van der Waals surface area (Å²) in [6.07, 6.45) is 4.51. The lowest BCUT2D eigenvalue weighted by atomic mass is 9.98. The monoisotopic (exact) mass is 433 g/mol. The SMILES string of the molecule is CSCCC(NS(=O)(=O)c1ccccc1)C(=O)N1CC2CCC(N)C2C1.Cl. The maximum atomic E-state index is 13.0. The van der Waals surface area contributed by atoms with Gasteiger partial charge in [0, 0.05) is 19.1 Å². The van der Waals surface area contributed by atoms with Crippen LogP contribution in [0.1, 0.15) is 19.3 Å². The Balaban J connectivity index is 0.00000261. The van der Waals surface area contributed by atoms with Crippen LogP contribution in [-0.2, 0) is 14.8 Å². The Labute approximate surface area is 172 Å². The number of nitrogens with one attached hydrogen (secondary N) is 1. The molecule has 152 valence electrons. The van der Waals surface area contributed by atoms with E-state index < -0.39 is 16.1 Å². The van der Waals surface area contributed by atoms with Gasteiger partial charge in [0.2, 0.25) is 15.9 Å². The highest BCUT2D eigenvalue weighted by Gasteiger charge is 2.44. The van der Waals surface area contributed by atoms with Crippen molar-refractivity contribution in [3.05, 3.63) is 30.3 Å². The van der Waals surface area contributed by atoms with Gasteiger partial charge in [0.15, 0.2) is 0 Å². The number of benzene rings is 1. The first-order valence-corrected chi connectivity index (χ1v) is 11.9. The van der Waals surface area contributed by atoms with Gasteiger partial charge in [-0.05, 0) is 55.2 Å². The second-order valence-electron chi connectivity index (χ2n) is 7.18. The quantitative estimate of drug-likeness (QED) is 0.682. The van der Waals surface area contributed by atoms with Crippen LogP contribution in [0, 0.1) is 11.8 Å². The predicted octanol–water partition coefficient (Wildman–Crippen LogP) is 1.70. The minimum absolute atomic E-state index is 0. The van der Waals surface area contributed by atoms with Crippen molar-refractivity contribution in [1.82, 2.24) is 9.62 Å². The Morgan fingerprint density at radius 1 is 1.30 bits per heavy atom. The molecule has 4 unspecified atom stereocenters. The van der Waals surface area contributed by atoms with Crippen molar-refractivity contribution in [2.24, 2.45) is 17.6 Å². The number of sulfonamides is 1. The van der Waals surface area contributed by atoms with E-state index >= 15 is 0 Å². The number of halogens is 1. The van der Waals surface area contributed by atoms with E-state index in [1.807, 2.05) is 11.2 Å². The highest BCUT2D eigenvalue weighted by atomic mass is 35.5. The number of rotatable bonds is 7. The van der Waals surface area contributed by atoms with E-state index in [1.54, 1.807) is 30.0 Å². The normalized spacial score (nSPS) is 25.7. The molecule has 9 heteroatoms. The number of fused-ring (bicyclic) bond motifs is 1. The minimum atomic E-state index is -3.73. The molecule has 1 amide bonds. The summed E-state index contributed by atoms with van der Waals surface area (Å²) < 4.78 is 28.0. The zero-order valence-electron chi connectivity index (χ0n) is 15.4. The van der Waals surface area contributed by atoms with Gasteiger partial charge in [0.05, 0.1) is 4.90 Å². The zero-order valence-corrected chi connectivity index (χ0v) is 17.9. The Morgan fingerprint density at radius 3 is 2.63 bits per heavy atom. The molecule has 0 bridgehead atoms. The van der Waals surface area contributed by atoms with Crippen LogP contribution in [0.15, 0.2) is 35.2 Å². The van der Waals surface area contributed by atoms with Crippen molar-refractivity contribution in [2.75, 3.05) is 25.1 Å². The third-order valence-corrected chi connectivity index (χ3v) is 7.62. The lowest BCUT2D eigenvalue weighted by Gasteiger charge is -2.25. The van der Waals surface area contributed by atoms with Gasteiger partial charge in [-0.3, -0.25) is 4.79 Å². The summed E-state index contributed by atoms with van der Waals surface area (Å²) in [5.74, 6) is 1.40. The number of amides is 1. The number of nitrogens with zero attached hydrogens (tertiary/aromatic N) is 1. The third kappa shape index (κ3) is 5.17. The maximum absolute atomic E-state index is 13.0. The van der Waals surface area contributed by atoms with E-state index in [0.29, 0.717) is 37.1 Å². The van der Waals surface area contributed by atoms with Gasteiger partial charge >= 0.3 is 0 Å². The number of carbonyl (C=O) groups is 1. The average Bonchev–Trinajstić information content (AvgIpc) is 3.21. The molecule has 1 aliphatic carbocycles. The summed E-state index contributed by atoms with van der Waals surface area (Å²) in [4.78, 5) is 15.0. The molecule has 1 heterocycles. The van der Waals surface area contributed by atoms with Gasteiger partial charge in [-0.2, -0.15) is 16.5 Å². The number of hydrogen-bond acceptors (Lipinski definition) is 5. The van der Waals surface area contributed by atoms with Gasteiger partial charge in [0.1, 0.15) is 6.04 Å². The summed E-state index contributed by atoms with van der Waals surface area (Å²) >= 11 is 1.60. The molecule has 2 aliphatic rings. The van der Waals surface area contributed by atoms with Gasteiger partial charge in [-0.25, -0.2) is 8.42 Å². The summed E-state index contributed by atoms with van der Waals surface area (Å²) in [7, 11) is -3.73. The maximum Gasteiger partial charge on any atom is 0.241 e. The van der Waals surface area contributed by atoms with Gasteiger partial charge < -0.3 is 10.6 Å². The zero-order chi connectivity index (χ0) is 18.7. The lowest BCUT2D eigenvalue weighted by molar-refractivity contribution is -0.132. The Hall–Kier alpha value is -0.800. The molecule has 3 N–H and O–H groups in total. The molecule has 0 aromatic heterocycles. The fourth-order valence-electron chi connectivity index (χ4n) is 4.03. The van der Waals surface area contributed by atoms with E-state index in [9.17, 15) is 13.2 Å². The molecule has 1 aliphatic heterocycles. The Morgan fingerprint density at radius 2 is 2.00 bits per heavy atom. The van der Waals surface area contributed by atoms with Crippen LogP contribution in [0.3, 0.4) is 0 Å². The molecule has 1 saturated carbocycles. The van der Waals surface area contributed by atoms with Crippen LogP contribution >= 0.6 is 24.2 Å². The summed E-state index contributed by atoms with van der Waals surface area (Å²) in [5, 5.41) is 0. The van der Waals surface area contributed by atoms with E-state index in [-0.39, 0.29) is 29.3 Å². The number of nitrogens with two attached hydrogens (primary N) is 1. The van der Waals surface area contributed by atoms with E-state index in [2.05, 4.69) is 4.72 Å². The van der Waals surface area contributed by atoms with Gasteiger partial charge in [0.25, 0.3) is 0 Å². The highest BCUT2D eigenvalue weighted by Crippen LogP contribution is 2.37. The topological polar surface area (TPSA) is 92.5 Å². The van der Waals surface area contributed by atoms with Crippen molar-refractivity contribution < 1.29 is 13.2 Å². The first-order chi connectivity index (χ1) is 12.4. The van der Waals surface area contributed by atoms with Gasteiger partial charge in [-0.15, -0.1) is 12.4 Å². The Kier molecular flexibility index (Phi) is 8.00. The molecular formula is C18H28ClN3O3S2. The van der Waals surface area contributed by atoms with E-state index in [0.717, 1.165) is 12.8 Å². The lowest BCUT2D eigenvalue weighted by Crippen LogP contribution is -2.48. The van der Waals surface area contributed by atoms with Crippen molar-refractivity contribution in [3.63, 3.8) is 0 Å². The van der Waals surface area contributed by atoms with Crippen molar-refractivity contribution in [1.29, 1.82) is 0 Å². The molecule has 0 radical (unpaired) electrons. The molecule has 1 aromatic carbocycles. The first-order valence-electron chi connectivity index (χ1n) is 9.03. The number of thioether (sulfide) groups is 1. The van der Waals surface area contributed by atoms with Crippen LogP contribution in [0.25, 0.3) is 0 Å². The van der Waals surface area contributed by atoms with Crippen molar-refractivity contribution in [2.45, 2.75) is 36.2 Å². The fraction of sp³-hybridized carbons (Fsp3) is 0.611. The van der Waals surface area contributed by atoms with Crippen molar-refractivity contribution in [3.8, 4) is 0 Å².